The molecule has 5 heteroatoms. The monoisotopic (exact) mass is 231 g/mol. The van der Waals surface area contributed by atoms with Crippen LogP contribution in [-0.2, 0) is 0 Å². The summed E-state index contributed by atoms with van der Waals surface area (Å²) < 4.78 is 1.58. The summed E-state index contributed by atoms with van der Waals surface area (Å²) in [6.45, 7) is 4.05. The summed E-state index contributed by atoms with van der Waals surface area (Å²) in [6.07, 6.45) is 3.21. The van der Waals surface area contributed by atoms with E-state index in [-0.39, 0.29) is 11.5 Å². The van der Waals surface area contributed by atoms with Crippen LogP contribution in [0.25, 0.3) is 5.82 Å². The molecule has 0 atom stereocenters. The molecule has 0 bridgehead atoms. The zero-order chi connectivity index (χ0) is 12.4. The van der Waals surface area contributed by atoms with Gasteiger partial charge in [0.2, 0.25) is 0 Å². The number of aromatic carboxylic acids is 1. The van der Waals surface area contributed by atoms with Crippen molar-refractivity contribution in [2.75, 3.05) is 0 Å². The van der Waals surface area contributed by atoms with Crippen LogP contribution in [0.15, 0.2) is 30.6 Å². The summed E-state index contributed by atoms with van der Waals surface area (Å²) in [6, 6.07) is 4.99. The van der Waals surface area contributed by atoms with Crippen LogP contribution in [0.4, 0.5) is 0 Å². The Kier molecular flexibility index (Phi) is 2.91. The Bertz CT molecular complexity index is 546. The predicted molar refractivity (Wildman–Crippen MR) is 62.4 cm³/mol. The number of hydrogen-bond donors (Lipinski definition) is 1. The van der Waals surface area contributed by atoms with E-state index >= 15 is 0 Å². The van der Waals surface area contributed by atoms with E-state index in [0.717, 1.165) is 5.69 Å². The van der Waals surface area contributed by atoms with Gasteiger partial charge in [-0.05, 0) is 24.1 Å². The van der Waals surface area contributed by atoms with Crippen LogP contribution in [-0.4, -0.2) is 25.8 Å². The van der Waals surface area contributed by atoms with E-state index in [9.17, 15) is 4.79 Å². The average molecular weight is 231 g/mol. The maximum absolute atomic E-state index is 11.1. The van der Waals surface area contributed by atoms with Gasteiger partial charge in [0.05, 0.1) is 0 Å². The van der Waals surface area contributed by atoms with Crippen molar-refractivity contribution in [2.24, 2.45) is 0 Å². The molecule has 5 nitrogen and oxygen atoms in total. The van der Waals surface area contributed by atoms with Crippen LogP contribution in [0.5, 0.6) is 0 Å². The fourth-order valence-corrected chi connectivity index (χ4v) is 1.66. The second-order valence-corrected chi connectivity index (χ2v) is 4.00. The van der Waals surface area contributed by atoms with Crippen LogP contribution in [0, 0.1) is 0 Å². The van der Waals surface area contributed by atoms with Gasteiger partial charge in [0.25, 0.3) is 0 Å². The van der Waals surface area contributed by atoms with Crippen molar-refractivity contribution in [1.29, 1.82) is 0 Å². The Morgan fingerprint density at radius 3 is 2.76 bits per heavy atom. The fraction of sp³-hybridized carbons (Fsp3) is 0.250. The Morgan fingerprint density at radius 1 is 1.35 bits per heavy atom. The second-order valence-electron chi connectivity index (χ2n) is 4.00. The molecule has 2 aromatic heterocycles. The van der Waals surface area contributed by atoms with Gasteiger partial charge in [0, 0.05) is 18.1 Å². The molecule has 0 amide bonds. The number of carbonyl (C=O) groups is 1. The van der Waals surface area contributed by atoms with Crippen LogP contribution in [0.1, 0.15) is 35.8 Å². The molecule has 0 fully saturated rings. The molecule has 2 aromatic rings. The third kappa shape index (κ3) is 2.04. The molecule has 0 aliphatic rings. The van der Waals surface area contributed by atoms with Gasteiger partial charge in [-0.3, -0.25) is 0 Å². The Hall–Kier alpha value is -2.17. The van der Waals surface area contributed by atoms with Crippen LogP contribution in [0.3, 0.4) is 0 Å². The van der Waals surface area contributed by atoms with Crippen molar-refractivity contribution < 1.29 is 9.90 Å². The third-order valence-corrected chi connectivity index (χ3v) is 2.48. The lowest BCUT2D eigenvalue weighted by Crippen LogP contribution is -2.11. The third-order valence-electron chi connectivity index (χ3n) is 2.48. The van der Waals surface area contributed by atoms with Crippen LogP contribution < -0.4 is 0 Å². The van der Waals surface area contributed by atoms with Gasteiger partial charge >= 0.3 is 5.97 Å². The first-order valence-electron chi connectivity index (χ1n) is 5.34. The molecule has 0 aromatic carbocycles. The highest BCUT2D eigenvalue weighted by molar-refractivity contribution is 5.91. The van der Waals surface area contributed by atoms with Gasteiger partial charge in [-0.2, -0.15) is 5.10 Å². The summed E-state index contributed by atoms with van der Waals surface area (Å²) in [4.78, 5) is 15.2. The van der Waals surface area contributed by atoms with E-state index in [0.29, 0.717) is 5.82 Å². The first kappa shape index (κ1) is 11.3. The minimum absolute atomic E-state index is 0.151. The number of hydrogen-bond acceptors (Lipinski definition) is 3. The molecule has 0 aliphatic heterocycles. The van der Waals surface area contributed by atoms with Crippen molar-refractivity contribution in [3.05, 3.63) is 41.9 Å². The highest BCUT2D eigenvalue weighted by Crippen LogP contribution is 2.19. The average Bonchev–Trinajstić information content (AvgIpc) is 2.77. The molecule has 17 heavy (non-hydrogen) atoms. The first-order chi connectivity index (χ1) is 8.11. The molecule has 0 saturated heterocycles. The lowest BCUT2D eigenvalue weighted by Gasteiger charge is -2.10. The predicted octanol–water partition coefficient (Wildman–Crippen LogP) is 2.09. The molecule has 1 N–H and O–H groups in total. The molecule has 88 valence electrons. The maximum Gasteiger partial charge on any atom is 0.339 e. The van der Waals surface area contributed by atoms with E-state index in [4.69, 9.17) is 5.11 Å². The van der Waals surface area contributed by atoms with Gasteiger partial charge in [-0.1, -0.05) is 13.8 Å². The van der Waals surface area contributed by atoms with E-state index in [1.54, 1.807) is 23.1 Å². The molecular formula is C12H13N3O2. The van der Waals surface area contributed by atoms with E-state index in [2.05, 4.69) is 10.1 Å². The maximum atomic E-state index is 11.1. The van der Waals surface area contributed by atoms with Gasteiger partial charge < -0.3 is 5.11 Å². The number of rotatable bonds is 3. The standard InChI is InChI=1S/C12H13N3O2/c1-8(2)10-5-7-14-15(10)11-9(12(16)17)4-3-6-13-11/h3-8H,1-2H3,(H,16,17). The molecule has 2 rings (SSSR count). The molecule has 0 saturated carbocycles. The van der Waals surface area contributed by atoms with Gasteiger partial charge in [0.1, 0.15) is 5.56 Å². The Morgan fingerprint density at radius 2 is 2.12 bits per heavy atom. The molecular weight excluding hydrogens is 218 g/mol. The number of carboxylic acids is 1. The van der Waals surface area contributed by atoms with E-state index in [1.807, 2.05) is 19.9 Å². The van der Waals surface area contributed by atoms with E-state index < -0.39 is 5.97 Å². The zero-order valence-electron chi connectivity index (χ0n) is 9.66. The summed E-state index contributed by atoms with van der Waals surface area (Å²) in [7, 11) is 0. The molecule has 0 aliphatic carbocycles. The number of aromatic nitrogens is 3. The lowest BCUT2D eigenvalue weighted by molar-refractivity contribution is 0.0696. The summed E-state index contributed by atoms with van der Waals surface area (Å²) >= 11 is 0. The van der Waals surface area contributed by atoms with E-state index in [1.165, 1.54) is 6.07 Å². The fourth-order valence-electron chi connectivity index (χ4n) is 1.66. The SMILES string of the molecule is CC(C)c1ccnn1-c1ncccc1C(=O)O. The quantitative estimate of drug-likeness (QED) is 0.878. The Labute approximate surface area is 98.7 Å². The minimum atomic E-state index is -1.00. The van der Waals surface area contributed by atoms with Gasteiger partial charge in [-0.15, -0.1) is 0 Å². The van der Waals surface area contributed by atoms with Crippen molar-refractivity contribution in [2.45, 2.75) is 19.8 Å². The van der Waals surface area contributed by atoms with Gasteiger partial charge in [0.15, 0.2) is 5.82 Å². The zero-order valence-corrected chi connectivity index (χ0v) is 9.66. The number of nitrogens with zero attached hydrogens (tertiary/aromatic N) is 3. The summed E-state index contributed by atoms with van der Waals surface area (Å²) in [5.74, 6) is -0.395. The first-order valence-corrected chi connectivity index (χ1v) is 5.34. The second kappa shape index (κ2) is 4.37. The molecule has 2 heterocycles. The Balaban J connectivity index is 2.60. The van der Waals surface area contributed by atoms with Crippen molar-refractivity contribution in [1.82, 2.24) is 14.8 Å². The molecule has 0 unspecified atom stereocenters. The largest absolute Gasteiger partial charge is 0.478 e. The van der Waals surface area contributed by atoms with Crippen LogP contribution >= 0.6 is 0 Å². The van der Waals surface area contributed by atoms with Crippen molar-refractivity contribution >= 4 is 5.97 Å². The smallest absolute Gasteiger partial charge is 0.339 e. The normalized spacial score (nSPS) is 10.8. The van der Waals surface area contributed by atoms with Crippen LogP contribution in [0.2, 0.25) is 0 Å². The lowest BCUT2D eigenvalue weighted by atomic mass is 10.1. The molecule has 0 radical (unpaired) electrons. The number of carboxylic acid groups (broad SMARTS) is 1. The number of pyridine rings is 1. The van der Waals surface area contributed by atoms with Crippen molar-refractivity contribution in [3.8, 4) is 5.82 Å². The summed E-state index contributed by atoms with van der Waals surface area (Å²) in [5.41, 5.74) is 1.09. The highest BCUT2D eigenvalue weighted by atomic mass is 16.4. The topological polar surface area (TPSA) is 68.0 Å². The highest BCUT2D eigenvalue weighted by Gasteiger charge is 2.16. The van der Waals surface area contributed by atoms with Gasteiger partial charge in [-0.25, -0.2) is 14.5 Å². The molecule has 0 spiro atoms. The minimum Gasteiger partial charge on any atom is -0.478 e. The van der Waals surface area contributed by atoms with Crippen molar-refractivity contribution in [3.63, 3.8) is 0 Å². The summed E-state index contributed by atoms with van der Waals surface area (Å²) in [5, 5.41) is 13.3.